The molecule has 0 heterocycles. The van der Waals surface area contributed by atoms with E-state index in [2.05, 4.69) is 6.92 Å². The number of hydrogen-bond acceptors (Lipinski definition) is 5. The summed E-state index contributed by atoms with van der Waals surface area (Å²) in [5.41, 5.74) is 0.350. The summed E-state index contributed by atoms with van der Waals surface area (Å²) in [6, 6.07) is 5.69. The fourth-order valence-corrected chi connectivity index (χ4v) is 3.51. The molecule has 1 aromatic rings. The summed E-state index contributed by atoms with van der Waals surface area (Å²) >= 11 is 0. The van der Waals surface area contributed by atoms with Crippen LogP contribution in [-0.4, -0.2) is 40.9 Å². The van der Waals surface area contributed by atoms with Crippen LogP contribution in [0.3, 0.4) is 0 Å². The number of hydrogen-bond donors (Lipinski definition) is 0. The van der Waals surface area contributed by atoms with E-state index in [-0.39, 0.29) is 30.0 Å². The first kappa shape index (κ1) is 19.9. The molecule has 2 atom stereocenters. The predicted molar refractivity (Wildman–Crippen MR) is 96.8 cm³/mol. The summed E-state index contributed by atoms with van der Waals surface area (Å²) < 4.78 is 4.98. The van der Waals surface area contributed by atoms with Crippen molar-refractivity contribution in [3.8, 4) is 0 Å². The molecule has 1 fully saturated rings. The van der Waals surface area contributed by atoms with Crippen molar-refractivity contribution in [1.82, 2.24) is 4.90 Å². The number of amides is 1. The molecular formula is C19H26N2O5. The van der Waals surface area contributed by atoms with Crippen molar-refractivity contribution in [1.29, 1.82) is 0 Å². The van der Waals surface area contributed by atoms with E-state index in [1.54, 1.807) is 11.8 Å². The van der Waals surface area contributed by atoms with Gasteiger partial charge in [-0.05, 0) is 37.8 Å². The van der Waals surface area contributed by atoms with E-state index in [4.69, 9.17) is 4.74 Å². The minimum atomic E-state index is -0.490. The largest absolute Gasteiger partial charge is 0.466 e. The first-order valence-electron chi connectivity index (χ1n) is 9.15. The van der Waals surface area contributed by atoms with Gasteiger partial charge in [0, 0.05) is 30.3 Å². The van der Waals surface area contributed by atoms with Crippen LogP contribution in [0.5, 0.6) is 0 Å². The summed E-state index contributed by atoms with van der Waals surface area (Å²) in [6.07, 6.45) is 4.31. The third-order valence-corrected chi connectivity index (χ3v) is 4.91. The Balaban J connectivity index is 2.18. The van der Waals surface area contributed by atoms with Gasteiger partial charge in [-0.1, -0.05) is 19.8 Å². The first-order chi connectivity index (χ1) is 12.4. The van der Waals surface area contributed by atoms with E-state index in [0.717, 1.165) is 25.7 Å². The fraction of sp³-hybridized carbons (Fsp3) is 0.579. The number of non-ortho nitro benzene ring substituents is 1. The highest BCUT2D eigenvalue weighted by atomic mass is 16.6. The van der Waals surface area contributed by atoms with Crippen molar-refractivity contribution in [3.63, 3.8) is 0 Å². The summed E-state index contributed by atoms with van der Waals surface area (Å²) in [7, 11) is 0. The van der Waals surface area contributed by atoms with Gasteiger partial charge in [0.25, 0.3) is 11.6 Å². The maximum Gasteiger partial charge on any atom is 0.307 e. The van der Waals surface area contributed by atoms with Crippen molar-refractivity contribution in [2.45, 2.75) is 52.0 Å². The maximum atomic E-state index is 13.0. The molecule has 0 radical (unpaired) electrons. The van der Waals surface area contributed by atoms with Gasteiger partial charge in [0.15, 0.2) is 0 Å². The fourth-order valence-electron chi connectivity index (χ4n) is 3.51. The summed E-state index contributed by atoms with van der Waals surface area (Å²) in [5, 5.41) is 10.8. The Bertz CT molecular complexity index is 644. The molecule has 1 saturated carbocycles. The van der Waals surface area contributed by atoms with E-state index in [0.29, 0.717) is 24.6 Å². The second-order valence-electron chi connectivity index (χ2n) is 6.69. The van der Waals surface area contributed by atoms with Gasteiger partial charge in [0.1, 0.15) is 0 Å². The molecule has 1 aromatic carbocycles. The molecular weight excluding hydrogens is 336 g/mol. The number of benzene rings is 1. The first-order valence-corrected chi connectivity index (χ1v) is 9.15. The molecule has 7 heteroatoms. The molecule has 1 aliphatic carbocycles. The molecule has 2 rings (SSSR count). The Labute approximate surface area is 153 Å². The zero-order chi connectivity index (χ0) is 19.1. The van der Waals surface area contributed by atoms with Gasteiger partial charge in [-0.2, -0.15) is 0 Å². The van der Waals surface area contributed by atoms with Crippen LogP contribution in [0.15, 0.2) is 24.3 Å². The standard InChI is InChI=1S/C19H26N2O5/c1-3-26-18(22)12-13-20(17-7-5-4-6-14(17)2)19(23)15-8-10-16(11-9-15)21(24)25/h8-11,14,17H,3-7,12-13H2,1-2H3. The highest BCUT2D eigenvalue weighted by Crippen LogP contribution is 2.29. The molecule has 7 nitrogen and oxygen atoms in total. The Morgan fingerprint density at radius 2 is 1.88 bits per heavy atom. The Morgan fingerprint density at radius 1 is 1.23 bits per heavy atom. The highest BCUT2D eigenvalue weighted by molar-refractivity contribution is 5.94. The van der Waals surface area contributed by atoms with E-state index in [9.17, 15) is 19.7 Å². The quantitative estimate of drug-likeness (QED) is 0.420. The van der Waals surface area contributed by atoms with Gasteiger partial charge in [0.05, 0.1) is 18.0 Å². The van der Waals surface area contributed by atoms with Gasteiger partial charge in [-0.25, -0.2) is 0 Å². The summed E-state index contributed by atoms with van der Waals surface area (Å²) in [4.78, 5) is 36.9. The number of nitro groups is 1. The molecule has 0 bridgehead atoms. The molecule has 1 aliphatic rings. The number of carbonyl (C=O) groups excluding carboxylic acids is 2. The van der Waals surface area contributed by atoms with Crippen molar-refractivity contribution in [2.75, 3.05) is 13.2 Å². The van der Waals surface area contributed by atoms with Gasteiger partial charge in [0.2, 0.25) is 0 Å². The summed E-state index contributed by atoms with van der Waals surface area (Å²) in [6.45, 7) is 4.49. The Kier molecular flexibility index (Phi) is 7.12. The minimum absolute atomic E-state index is 0.0503. The molecule has 2 unspecified atom stereocenters. The van der Waals surface area contributed by atoms with Crippen LogP contribution in [0.4, 0.5) is 5.69 Å². The van der Waals surface area contributed by atoms with Gasteiger partial charge < -0.3 is 9.64 Å². The topological polar surface area (TPSA) is 89.8 Å². The second kappa shape index (κ2) is 9.31. The molecule has 26 heavy (non-hydrogen) atoms. The van der Waals surface area contributed by atoms with Gasteiger partial charge >= 0.3 is 5.97 Å². The van der Waals surface area contributed by atoms with Crippen molar-refractivity contribution in [2.24, 2.45) is 5.92 Å². The minimum Gasteiger partial charge on any atom is -0.466 e. The number of esters is 1. The molecule has 1 amide bonds. The average molecular weight is 362 g/mol. The number of ether oxygens (including phenoxy) is 1. The van der Waals surface area contributed by atoms with E-state index < -0.39 is 4.92 Å². The number of rotatable bonds is 7. The van der Waals surface area contributed by atoms with Crippen molar-refractivity contribution < 1.29 is 19.2 Å². The van der Waals surface area contributed by atoms with Crippen molar-refractivity contribution in [3.05, 3.63) is 39.9 Å². The van der Waals surface area contributed by atoms with E-state index in [1.165, 1.54) is 24.3 Å². The van der Waals surface area contributed by atoms with Crippen LogP contribution < -0.4 is 0 Å². The molecule has 0 aromatic heterocycles. The third kappa shape index (κ3) is 5.03. The molecule has 0 aliphatic heterocycles. The second-order valence-corrected chi connectivity index (χ2v) is 6.69. The van der Waals surface area contributed by atoms with Crippen LogP contribution in [-0.2, 0) is 9.53 Å². The molecule has 0 N–H and O–H groups in total. The zero-order valence-electron chi connectivity index (χ0n) is 15.3. The lowest BCUT2D eigenvalue weighted by Gasteiger charge is -2.38. The lowest BCUT2D eigenvalue weighted by Crippen LogP contribution is -2.46. The lowest BCUT2D eigenvalue weighted by molar-refractivity contribution is -0.384. The molecule has 0 spiro atoms. The van der Waals surface area contributed by atoms with Gasteiger partial charge in [-0.15, -0.1) is 0 Å². The third-order valence-electron chi connectivity index (χ3n) is 4.91. The number of nitro benzene ring substituents is 1. The monoisotopic (exact) mass is 362 g/mol. The lowest BCUT2D eigenvalue weighted by atomic mass is 9.84. The number of nitrogens with zero attached hydrogens (tertiary/aromatic N) is 2. The SMILES string of the molecule is CCOC(=O)CCN(C(=O)c1ccc([N+](=O)[O-])cc1)C1CCCCC1C. The smallest absolute Gasteiger partial charge is 0.307 e. The van der Waals surface area contributed by atoms with Crippen LogP contribution in [0.2, 0.25) is 0 Å². The van der Waals surface area contributed by atoms with E-state index in [1.807, 2.05) is 0 Å². The Hall–Kier alpha value is -2.44. The highest BCUT2D eigenvalue weighted by Gasteiger charge is 2.31. The number of carbonyl (C=O) groups is 2. The van der Waals surface area contributed by atoms with Crippen LogP contribution in [0, 0.1) is 16.0 Å². The molecule has 142 valence electrons. The molecule has 0 saturated heterocycles. The zero-order valence-corrected chi connectivity index (χ0v) is 15.3. The van der Waals surface area contributed by atoms with Crippen LogP contribution >= 0.6 is 0 Å². The normalized spacial score (nSPS) is 19.6. The summed E-state index contributed by atoms with van der Waals surface area (Å²) in [5.74, 6) is -0.159. The van der Waals surface area contributed by atoms with Crippen LogP contribution in [0.25, 0.3) is 0 Å². The van der Waals surface area contributed by atoms with E-state index >= 15 is 0 Å². The van der Waals surface area contributed by atoms with Crippen molar-refractivity contribution >= 4 is 17.6 Å². The average Bonchev–Trinajstić information content (AvgIpc) is 2.63. The maximum absolute atomic E-state index is 13.0. The predicted octanol–water partition coefficient (Wildman–Crippen LogP) is 3.57. The Morgan fingerprint density at radius 3 is 2.46 bits per heavy atom. The van der Waals surface area contributed by atoms with Crippen LogP contribution in [0.1, 0.15) is 56.3 Å². The van der Waals surface area contributed by atoms with Gasteiger partial charge in [-0.3, -0.25) is 19.7 Å².